The number of nitro benzene ring substituents is 1. The minimum Gasteiger partial charge on any atom is -0.379 e. The number of halogens is 2. The van der Waals surface area contributed by atoms with Crippen molar-refractivity contribution in [3.8, 4) is 0 Å². The molecule has 0 bridgehead atoms. The summed E-state index contributed by atoms with van der Waals surface area (Å²) in [7, 11) is 1.98. The van der Waals surface area contributed by atoms with Gasteiger partial charge in [0.15, 0.2) is 11.6 Å². The third kappa shape index (κ3) is 3.22. The van der Waals surface area contributed by atoms with Crippen LogP contribution >= 0.6 is 0 Å². The third-order valence-electron chi connectivity index (χ3n) is 3.67. The number of anilines is 1. The highest BCUT2D eigenvalue weighted by Gasteiger charge is 2.21. The molecule has 0 radical (unpaired) electrons. The average molecular weight is 285 g/mol. The Morgan fingerprint density at radius 1 is 1.40 bits per heavy atom. The summed E-state index contributed by atoms with van der Waals surface area (Å²) in [5.74, 6) is -1.87. The van der Waals surface area contributed by atoms with Gasteiger partial charge in [0, 0.05) is 12.6 Å². The predicted octanol–water partition coefficient (Wildman–Crippen LogP) is 2.77. The zero-order chi connectivity index (χ0) is 14.7. The molecule has 2 rings (SSSR count). The average Bonchev–Trinajstić information content (AvgIpc) is 2.39. The normalized spacial score (nSPS) is 19.9. The van der Waals surface area contributed by atoms with E-state index in [4.69, 9.17) is 0 Å². The molecule has 1 unspecified atom stereocenters. The summed E-state index contributed by atoms with van der Waals surface area (Å²) in [6, 6.07) is 1.68. The Balaban J connectivity index is 2.07. The second-order valence-electron chi connectivity index (χ2n) is 5.05. The van der Waals surface area contributed by atoms with Gasteiger partial charge in [-0.25, -0.2) is 8.78 Å². The van der Waals surface area contributed by atoms with Crippen LogP contribution in [0.5, 0.6) is 0 Å². The lowest BCUT2D eigenvalue weighted by atomic mass is 10.0. The maximum Gasteiger partial charge on any atom is 0.275 e. The molecule has 0 saturated carbocycles. The number of likely N-dealkylation sites (tertiary alicyclic amines) is 1. The summed E-state index contributed by atoms with van der Waals surface area (Å²) in [5, 5.41) is 13.2. The number of rotatable bonds is 4. The lowest BCUT2D eigenvalue weighted by Crippen LogP contribution is -2.40. The number of hydrogen-bond donors (Lipinski definition) is 1. The first-order valence-electron chi connectivity index (χ1n) is 6.56. The molecule has 1 heterocycles. The van der Waals surface area contributed by atoms with Crippen LogP contribution in [0.1, 0.15) is 19.3 Å². The molecule has 0 aromatic heterocycles. The van der Waals surface area contributed by atoms with Gasteiger partial charge >= 0.3 is 0 Å². The molecule has 0 spiro atoms. The summed E-state index contributed by atoms with van der Waals surface area (Å²) >= 11 is 0. The van der Waals surface area contributed by atoms with Crippen LogP contribution in [0.2, 0.25) is 0 Å². The number of hydrogen-bond acceptors (Lipinski definition) is 4. The van der Waals surface area contributed by atoms with Crippen molar-refractivity contribution in [2.24, 2.45) is 0 Å². The number of nitrogens with zero attached hydrogens (tertiary/aromatic N) is 2. The van der Waals surface area contributed by atoms with Crippen molar-refractivity contribution >= 4 is 11.4 Å². The molecular weight excluding hydrogens is 268 g/mol. The van der Waals surface area contributed by atoms with Crippen molar-refractivity contribution < 1.29 is 13.7 Å². The molecule has 1 aliphatic rings. The Hall–Kier alpha value is -1.76. The molecule has 1 aromatic rings. The van der Waals surface area contributed by atoms with Crippen LogP contribution in [0.3, 0.4) is 0 Å². The highest BCUT2D eigenvalue weighted by Crippen LogP contribution is 2.25. The maximum atomic E-state index is 13.7. The Bertz CT molecular complexity index is 487. The van der Waals surface area contributed by atoms with E-state index in [0.717, 1.165) is 37.9 Å². The second-order valence-corrected chi connectivity index (χ2v) is 5.05. The van der Waals surface area contributed by atoms with Crippen molar-refractivity contribution in [3.63, 3.8) is 0 Å². The maximum absolute atomic E-state index is 13.7. The van der Waals surface area contributed by atoms with Gasteiger partial charge in [-0.2, -0.15) is 0 Å². The Kier molecular flexibility index (Phi) is 4.49. The Morgan fingerprint density at radius 2 is 2.05 bits per heavy atom. The SMILES string of the molecule is CN1CCCCC1CNc1c(F)cc([N+](=O)[O-])cc1F. The van der Waals surface area contributed by atoms with Gasteiger partial charge in [0.2, 0.25) is 0 Å². The van der Waals surface area contributed by atoms with E-state index in [9.17, 15) is 18.9 Å². The molecule has 1 saturated heterocycles. The van der Waals surface area contributed by atoms with Gasteiger partial charge < -0.3 is 10.2 Å². The van der Waals surface area contributed by atoms with Gasteiger partial charge in [-0.1, -0.05) is 6.42 Å². The van der Waals surface area contributed by atoms with Gasteiger partial charge in [-0.3, -0.25) is 10.1 Å². The fraction of sp³-hybridized carbons (Fsp3) is 0.538. The van der Waals surface area contributed by atoms with Gasteiger partial charge in [-0.05, 0) is 26.4 Å². The number of nitro groups is 1. The summed E-state index contributed by atoms with van der Waals surface area (Å²) in [6.07, 6.45) is 3.20. The van der Waals surface area contributed by atoms with E-state index in [1.165, 1.54) is 0 Å². The Labute approximate surface area is 115 Å². The lowest BCUT2D eigenvalue weighted by molar-refractivity contribution is -0.385. The molecule has 0 aliphatic carbocycles. The number of non-ortho nitro benzene ring substituents is 1. The molecule has 7 heteroatoms. The van der Waals surface area contributed by atoms with Crippen molar-refractivity contribution in [2.45, 2.75) is 25.3 Å². The summed E-state index contributed by atoms with van der Waals surface area (Å²) in [5.41, 5.74) is -0.880. The molecule has 5 nitrogen and oxygen atoms in total. The molecule has 0 amide bonds. The fourth-order valence-corrected chi connectivity index (χ4v) is 2.46. The van der Waals surface area contributed by atoms with E-state index < -0.39 is 22.2 Å². The zero-order valence-electron chi connectivity index (χ0n) is 11.2. The van der Waals surface area contributed by atoms with E-state index in [1.54, 1.807) is 0 Å². The minimum absolute atomic E-state index is 0.220. The number of piperidine rings is 1. The van der Waals surface area contributed by atoms with Crippen molar-refractivity contribution in [3.05, 3.63) is 33.9 Å². The number of benzene rings is 1. The first-order valence-corrected chi connectivity index (χ1v) is 6.56. The molecular formula is C13H17F2N3O2. The number of nitrogens with one attached hydrogen (secondary N) is 1. The van der Waals surface area contributed by atoms with Crippen molar-refractivity contribution in [2.75, 3.05) is 25.5 Å². The van der Waals surface area contributed by atoms with Crippen molar-refractivity contribution in [1.29, 1.82) is 0 Å². The first-order chi connectivity index (χ1) is 9.49. The molecule has 1 atom stereocenters. The summed E-state index contributed by atoms with van der Waals surface area (Å²) in [4.78, 5) is 11.8. The molecule has 1 aliphatic heterocycles. The predicted molar refractivity (Wildman–Crippen MR) is 71.8 cm³/mol. The molecule has 20 heavy (non-hydrogen) atoms. The minimum atomic E-state index is -0.935. The number of likely N-dealkylation sites (N-methyl/N-ethyl adjacent to an activating group) is 1. The van der Waals surface area contributed by atoms with Gasteiger partial charge in [0.1, 0.15) is 5.69 Å². The van der Waals surface area contributed by atoms with Crippen LogP contribution < -0.4 is 5.32 Å². The van der Waals surface area contributed by atoms with Crippen LogP contribution in [0.15, 0.2) is 12.1 Å². The van der Waals surface area contributed by atoms with Crippen LogP contribution in [-0.2, 0) is 0 Å². The zero-order valence-corrected chi connectivity index (χ0v) is 11.2. The second kappa shape index (κ2) is 6.13. The monoisotopic (exact) mass is 285 g/mol. The third-order valence-corrected chi connectivity index (χ3v) is 3.67. The van der Waals surface area contributed by atoms with Gasteiger partial charge in [-0.15, -0.1) is 0 Å². The first kappa shape index (κ1) is 14.6. The highest BCUT2D eigenvalue weighted by atomic mass is 19.1. The Morgan fingerprint density at radius 3 is 2.60 bits per heavy atom. The van der Waals surface area contributed by atoms with E-state index >= 15 is 0 Å². The van der Waals surface area contributed by atoms with Crippen LogP contribution in [0, 0.1) is 21.7 Å². The topological polar surface area (TPSA) is 58.4 Å². The summed E-state index contributed by atoms with van der Waals surface area (Å²) in [6.45, 7) is 1.39. The van der Waals surface area contributed by atoms with Gasteiger partial charge in [0.25, 0.3) is 5.69 Å². The van der Waals surface area contributed by atoms with Gasteiger partial charge in [0.05, 0.1) is 17.1 Å². The molecule has 1 N–H and O–H groups in total. The van der Waals surface area contributed by atoms with Crippen LogP contribution in [-0.4, -0.2) is 36.0 Å². The highest BCUT2D eigenvalue weighted by molar-refractivity contribution is 5.51. The smallest absolute Gasteiger partial charge is 0.275 e. The summed E-state index contributed by atoms with van der Waals surface area (Å²) < 4.78 is 27.4. The van der Waals surface area contributed by atoms with Crippen LogP contribution in [0.25, 0.3) is 0 Å². The van der Waals surface area contributed by atoms with Crippen molar-refractivity contribution in [1.82, 2.24) is 4.90 Å². The van der Waals surface area contributed by atoms with E-state index in [1.807, 2.05) is 7.05 Å². The molecule has 1 fully saturated rings. The fourth-order valence-electron chi connectivity index (χ4n) is 2.46. The van der Waals surface area contributed by atoms with E-state index in [-0.39, 0.29) is 11.7 Å². The standard InChI is InChI=1S/C13H17F2N3O2/c1-17-5-3-2-4-9(17)8-16-13-11(14)6-10(18(19)20)7-12(13)15/h6-7,9,16H,2-5,8H2,1H3. The van der Waals surface area contributed by atoms with Crippen LogP contribution in [0.4, 0.5) is 20.2 Å². The largest absolute Gasteiger partial charge is 0.379 e. The lowest BCUT2D eigenvalue weighted by Gasteiger charge is -2.32. The quantitative estimate of drug-likeness (QED) is 0.682. The molecule has 110 valence electrons. The van der Waals surface area contributed by atoms with E-state index in [2.05, 4.69) is 10.2 Å². The van der Waals surface area contributed by atoms with E-state index in [0.29, 0.717) is 6.54 Å². The molecule has 1 aromatic carbocycles.